The number of thioether (sulfide) groups is 1. The van der Waals surface area contributed by atoms with E-state index in [0.29, 0.717) is 23.7 Å². The summed E-state index contributed by atoms with van der Waals surface area (Å²) in [6.45, 7) is 1.84. The van der Waals surface area contributed by atoms with Crippen LogP contribution in [0.2, 0.25) is 0 Å². The van der Waals surface area contributed by atoms with Crippen LogP contribution >= 0.6 is 24.0 Å². The summed E-state index contributed by atoms with van der Waals surface area (Å²) in [7, 11) is 0. The minimum absolute atomic E-state index is 0.156. The molecule has 156 valence electrons. The molecule has 0 N–H and O–H groups in total. The third-order valence-corrected chi connectivity index (χ3v) is 5.57. The number of thiocarbonyl (C=S) groups is 1. The quantitative estimate of drug-likeness (QED) is 0.265. The van der Waals surface area contributed by atoms with Gasteiger partial charge >= 0.3 is 5.97 Å². The van der Waals surface area contributed by atoms with E-state index in [4.69, 9.17) is 21.4 Å². The fraction of sp³-hybridized carbons (Fsp3) is 0.238. The Bertz CT molecular complexity index is 1010. The normalized spacial score (nSPS) is 15.1. The minimum atomic E-state index is -1.38. The smallest absolute Gasteiger partial charge is 0.338 e. The number of amides is 1. The van der Waals surface area contributed by atoms with E-state index >= 15 is 0 Å². The van der Waals surface area contributed by atoms with Gasteiger partial charge in [0.05, 0.1) is 29.6 Å². The number of esters is 1. The number of carbonyl (C=O) groups is 3. The maximum absolute atomic E-state index is 12.3. The zero-order valence-corrected chi connectivity index (χ0v) is 17.7. The summed E-state index contributed by atoms with van der Waals surface area (Å²) >= 11 is 6.05. The molecule has 0 aliphatic carbocycles. The predicted octanol–water partition coefficient (Wildman–Crippen LogP) is 2.85. The number of carbonyl (C=O) groups excluding carboxylic acids is 3. The van der Waals surface area contributed by atoms with Gasteiger partial charge in [0.1, 0.15) is 15.8 Å². The van der Waals surface area contributed by atoms with Crippen LogP contribution in [0.3, 0.4) is 0 Å². The average Bonchev–Trinajstić information content (AvgIpc) is 3.28. The van der Waals surface area contributed by atoms with Crippen LogP contribution in [0.4, 0.5) is 0 Å². The molecule has 0 radical (unpaired) electrons. The molecule has 0 spiro atoms. The first-order valence-electron chi connectivity index (χ1n) is 9.21. The Kier molecular flexibility index (Phi) is 7.07. The van der Waals surface area contributed by atoms with Crippen LogP contribution in [0.25, 0.3) is 17.4 Å². The third-order valence-electron chi connectivity index (χ3n) is 4.20. The van der Waals surface area contributed by atoms with E-state index in [1.54, 1.807) is 36.4 Å². The number of ether oxygens (including phenoxy) is 1. The topological polar surface area (TPSA) is 99.9 Å². The molecule has 2 aromatic rings. The molecule has 0 unspecified atom stereocenters. The number of aliphatic carboxylic acids is 1. The Labute approximate surface area is 182 Å². The Morgan fingerprint density at radius 3 is 2.63 bits per heavy atom. The van der Waals surface area contributed by atoms with Crippen LogP contribution in [0, 0.1) is 0 Å². The summed E-state index contributed by atoms with van der Waals surface area (Å²) in [5.41, 5.74) is 1.21. The van der Waals surface area contributed by atoms with E-state index in [1.807, 2.05) is 6.92 Å². The van der Waals surface area contributed by atoms with Crippen molar-refractivity contribution in [1.29, 1.82) is 0 Å². The Morgan fingerprint density at radius 2 is 1.97 bits per heavy atom. The second-order valence-corrected chi connectivity index (χ2v) is 8.08. The Balaban J connectivity index is 1.70. The number of carboxylic acid groups (broad SMARTS) is 1. The van der Waals surface area contributed by atoms with Crippen molar-refractivity contribution >= 4 is 52.2 Å². The highest BCUT2D eigenvalue weighted by Crippen LogP contribution is 2.33. The highest BCUT2D eigenvalue weighted by atomic mass is 32.2. The molecule has 0 bridgehead atoms. The summed E-state index contributed by atoms with van der Waals surface area (Å²) in [5.74, 6) is -1.28. The van der Waals surface area contributed by atoms with Crippen LogP contribution < -0.4 is 5.11 Å². The summed E-state index contributed by atoms with van der Waals surface area (Å²) in [6, 6.07) is 10.3. The molecule has 1 saturated heterocycles. The average molecular weight is 445 g/mol. The number of nitrogens with zero attached hydrogens (tertiary/aromatic N) is 1. The molecule has 7 nitrogen and oxygen atoms in total. The lowest BCUT2D eigenvalue weighted by Crippen LogP contribution is -2.40. The lowest BCUT2D eigenvalue weighted by atomic mass is 10.1. The van der Waals surface area contributed by atoms with Gasteiger partial charge in [0, 0.05) is 11.6 Å². The molecule has 1 aliphatic rings. The zero-order valence-electron chi connectivity index (χ0n) is 16.1. The van der Waals surface area contributed by atoms with Gasteiger partial charge in [0.2, 0.25) is 0 Å². The number of unbranched alkanes of at least 4 members (excludes halogenated alkanes) is 1. The molecule has 9 heteroatoms. The molecule has 1 aromatic carbocycles. The summed E-state index contributed by atoms with van der Waals surface area (Å²) in [4.78, 5) is 36.3. The molecule has 2 heterocycles. The molecule has 3 rings (SSSR count). The van der Waals surface area contributed by atoms with Crippen LogP contribution in [0.5, 0.6) is 0 Å². The van der Waals surface area contributed by atoms with Gasteiger partial charge in [-0.1, -0.05) is 49.5 Å². The molecule has 1 aromatic heterocycles. The van der Waals surface area contributed by atoms with Crippen molar-refractivity contribution in [3.8, 4) is 11.3 Å². The fourth-order valence-corrected chi connectivity index (χ4v) is 3.88. The molecule has 30 heavy (non-hydrogen) atoms. The summed E-state index contributed by atoms with van der Waals surface area (Å²) in [5, 5.41) is 10.8. The summed E-state index contributed by atoms with van der Waals surface area (Å²) < 4.78 is 11.1. The van der Waals surface area contributed by atoms with Crippen molar-refractivity contribution in [1.82, 2.24) is 4.90 Å². The molecule has 0 saturated carbocycles. The lowest BCUT2D eigenvalue weighted by Gasteiger charge is -2.14. The first-order valence-corrected chi connectivity index (χ1v) is 10.4. The number of benzene rings is 1. The van der Waals surface area contributed by atoms with Gasteiger partial charge in [-0.2, -0.15) is 0 Å². The molecule has 1 amide bonds. The Hall–Kier alpha value is -2.91. The summed E-state index contributed by atoms with van der Waals surface area (Å²) in [6.07, 6.45) is 3.29. The van der Waals surface area contributed by atoms with Gasteiger partial charge in [-0.25, -0.2) is 4.79 Å². The van der Waals surface area contributed by atoms with E-state index in [-0.39, 0.29) is 15.2 Å². The molecular formula is C21H18NO6S2-. The van der Waals surface area contributed by atoms with Gasteiger partial charge in [-0.05, 0) is 30.7 Å². The van der Waals surface area contributed by atoms with E-state index in [9.17, 15) is 19.5 Å². The van der Waals surface area contributed by atoms with Crippen LogP contribution in [-0.4, -0.2) is 40.2 Å². The van der Waals surface area contributed by atoms with Gasteiger partial charge in [0.15, 0.2) is 0 Å². The van der Waals surface area contributed by atoms with Crippen molar-refractivity contribution in [2.24, 2.45) is 0 Å². The molecule has 1 aliphatic heterocycles. The number of hydrogen-bond acceptors (Lipinski definition) is 8. The van der Waals surface area contributed by atoms with Gasteiger partial charge in [-0.3, -0.25) is 9.69 Å². The van der Waals surface area contributed by atoms with Crippen molar-refractivity contribution in [3.05, 3.63) is 52.6 Å². The maximum atomic E-state index is 12.3. The van der Waals surface area contributed by atoms with E-state index in [0.717, 1.165) is 35.1 Å². The molecular weight excluding hydrogens is 426 g/mol. The number of rotatable bonds is 8. The monoisotopic (exact) mass is 444 g/mol. The molecule has 1 fully saturated rings. The van der Waals surface area contributed by atoms with Crippen LogP contribution in [0.1, 0.15) is 35.9 Å². The fourth-order valence-electron chi connectivity index (χ4n) is 2.64. The highest BCUT2D eigenvalue weighted by molar-refractivity contribution is 8.26. The standard InChI is InChI=1S/C21H19NO6S2/c1-2-3-10-27-20(26)14-6-4-13(5-7-14)16-9-8-15(28-16)11-17-19(25)22(12-18(23)24)21(29)30-17/h4-9,11H,2-3,10,12H2,1H3,(H,23,24)/p-1/b17-11-. The highest BCUT2D eigenvalue weighted by Gasteiger charge is 2.32. The zero-order chi connectivity index (χ0) is 21.7. The Morgan fingerprint density at radius 1 is 1.23 bits per heavy atom. The largest absolute Gasteiger partial charge is 0.548 e. The van der Waals surface area contributed by atoms with Crippen LogP contribution in [-0.2, 0) is 14.3 Å². The SMILES string of the molecule is CCCCOC(=O)c1ccc(-c2ccc(/C=C3\SC(=S)N(CC(=O)[O-])C3=O)o2)cc1. The second-order valence-electron chi connectivity index (χ2n) is 6.41. The minimum Gasteiger partial charge on any atom is -0.548 e. The van der Waals surface area contributed by atoms with E-state index in [2.05, 4.69) is 0 Å². The van der Waals surface area contributed by atoms with Crippen molar-refractivity contribution in [2.45, 2.75) is 19.8 Å². The van der Waals surface area contributed by atoms with Gasteiger partial charge in [-0.15, -0.1) is 0 Å². The van der Waals surface area contributed by atoms with Crippen molar-refractivity contribution in [3.63, 3.8) is 0 Å². The van der Waals surface area contributed by atoms with Crippen LogP contribution in [0.15, 0.2) is 45.7 Å². The van der Waals surface area contributed by atoms with Crippen molar-refractivity contribution in [2.75, 3.05) is 13.2 Å². The lowest BCUT2D eigenvalue weighted by molar-refractivity contribution is -0.305. The van der Waals surface area contributed by atoms with E-state index in [1.165, 1.54) is 6.08 Å². The molecule has 0 atom stereocenters. The van der Waals surface area contributed by atoms with E-state index < -0.39 is 18.4 Å². The first-order chi connectivity index (χ1) is 14.4. The number of hydrogen-bond donors (Lipinski definition) is 0. The predicted molar refractivity (Wildman–Crippen MR) is 114 cm³/mol. The van der Waals surface area contributed by atoms with Gasteiger partial charge < -0.3 is 19.1 Å². The first kappa shape index (κ1) is 21.8. The maximum Gasteiger partial charge on any atom is 0.338 e. The van der Waals surface area contributed by atoms with Crippen molar-refractivity contribution < 1.29 is 28.6 Å². The second kappa shape index (κ2) is 9.73. The number of carboxylic acids is 1. The third kappa shape index (κ3) is 5.17. The van der Waals surface area contributed by atoms with Gasteiger partial charge in [0.25, 0.3) is 5.91 Å². The number of furan rings is 1.